The first kappa shape index (κ1) is 17.1. The number of aliphatic imine (C=N–C) groups is 1. The smallest absolute Gasteiger partial charge is 0.338 e. The second-order valence-electron chi connectivity index (χ2n) is 6.04. The summed E-state index contributed by atoms with van der Waals surface area (Å²) >= 11 is 0. The van der Waals surface area contributed by atoms with Gasteiger partial charge in [-0.25, -0.2) is 4.79 Å². The lowest BCUT2D eigenvalue weighted by molar-refractivity contribution is -0.147. The van der Waals surface area contributed by atoms with Crippen molar-refractivity contribution in [3.8, 4) is 0 Å². The van der Waals surface area contributed by atoms with Crippen LogP contribution in [0.1, 0.15) is 30.9 Å². The molecular weight excluding hydrogens is 314 g/mol. The quantitative estimate of drug-likeness (QED) is 0.442. The number of carbonyl (C=O) groups is 2. The number of hydrogen-bond donors (Lipinski definition) is 0. The Balaban J connectivity index is 2.05. The van der Waals surface area contributed by atoms with Crippen LogP contribution in [0.25, 0.3) is 0 Å². The third-order valence-electron chi connectivity index (χ3n) is 4.11. The van der Waals surface area contributed by atoms with Crippen LogP contribution in [0.15, 0.2) is 65.7 Å². The zero-order valence-electron chi connectivity index (χ0n) is 14.2. The van der Waals surface area contributed by atoms with Gasteiger partial charge in [0.1, 0.15) is 0 Å². The minimum Gasteiger partial charge on any atom is -0.464 e. The molecule has 0 aliphatic heterocycles. The van der Waals surface area contributed by atoms with E-state index < -0.39 is 12.0 Å². The van der Waals surface area contributed by atoms with Crippen LogP contribution in [0.2, 0.25) is 0 Å². The molecule has 0 bridgehead atoms. The number of rotatable bonds is 7. The maximum Gasteiger partial charge on any atom is 0.338 e. The van der Waals surface area contributed by atoms with E-state index in [2.05, 4.69) is 4.99 Å². The molecule has 4 nitrogen and oxygen atoms in total. The molecule has 1 saturated carbocycles. The molecule has 3 rings (SSSR count). The summed E-state index contributed by atoms with van der Waals surface area (Å²) in [6.07, 6.45) is 1.66. The van der Waals surface area contributed by atoms with Gasteiger partial charge in [-0.15, -0.1) is 0 Å². The zero-order chi connectivity index (χ0) is 17.6. The Morgan fingerprint density at radius 1 is 1.00 bits per heavy atom. The highest BCUT2D eigenvalue weighted by molar-refractivity contribution is 6.16. The Labute approximate surface area is 147 Å². The third-order valence-corrected chi connectivity index (χ3v) is 4.11. The summed E-state index contributed by atoms with van der Waals surface area (Å²) < 4.78 is 5.11. The highest BCUT2D eigenvalue weighted by Crippen LogP contribution is 2.32. The van der Waals surface area contributed by atoms with Gasteiger partial charge in [-0.2, -0.15) is 0 Å². The molecule has 1 unspecified atom stereocenters. The highest BCUT2D eigenvalue weighted by Gasteiger charge is 2.39. The molecule has 0 saturated heterocycles. The predicted molar refractivity (Wildman–Crippen MR) is 96.7 cm³/mol. The molecule has 1 atom stereocenters. The van der Waals surface area contributed by atoms with Crippen molar-refractivity contribution in [2.75, 3.05) is 6.61 Å². The van der Waals surface area contributed by atoms with E-state index in [-0.39, 0.29) is 18.3 Å². The van der Waals surface area contributed by atoms with Gasteiger partial charge in [-0.1, -0.05) is 60.7 Å². The number of carbonyl (C=O) groups excluding carboxylic acids is 2. The fourth-order valence-corrected chi connectivity index (χ4v) is 2.68. The molecule has 25 heavy (non-hydrogen) atoms. The van der Waals surface area contributed by atoms with Crippen LogP contribution in [0, 0.1) is 5.92 Å². The van der Waals surface area contributed by atoms with Gasteiger partial charge in [0.15, 0.2) is 5.78 Å². The Hall–Kier alpha value is -2.75. The predicted octanol–water partition coefficient (Wildman–Crippen LogP) is 3.43. The maximum atomic E-state index is 12.6. The lowest BCUT2D eigenvalue weighted by Crippen LogP contribution is -2.33. The first-order valence-electron chi connectivity index (χ1n) is 8.59. The monoisotopic (exact) mass is 335 g/mol. The molecular formula is C21H21NO3. The van der Waals surface area contributed by atoms with Crippen LogP contribution in [0.3, 0.4) is 0 Å². The van der Waals surface area contributed by atoms with Crippen LogP contribution in [0.4, 0.5) is 0 Å². The van der Waals surface area contributed by atoms with Gasteiger partial charge in [0, 0.05) is 17.0 Å². The van der Waals surface area contributed by atoms with Crippen LogP contribution in [-0.2, 0) is 14.3 Å². The van der Waals surface area contributed by atoms with Gasteiger partial charge in [0.05, 0.1) is 12.3 Å². The first-order valence-corrected chi connectivity index (χ1v) is 8.59. The standard InChI is InChI=1S/C21H21NO3/c1-2-25-21(24)19(20(23)17-13-14-17)22-18(15-9-5-3-6-10-15)16-11-7-4-8-12-16/h3-12,17,19H,2,13-14H2,1H3. The van der Waals surface area contributed by atoms with E-state index >= 15 is 0 Å². The number of benzene rings is 2. The summed E-state index contributed by atoms with van der Waals surface area (Å²) in [5, 5.41) is 0. The molecule has 0 aromatic heterocycles. The minimum atomic E-state index is -1.09. The van der Waals surface area contributed by atoms with E-state index in [1.807, 2.05) is 60.7 Å². The van der Waals surface area contributed by atoms with E-state index in [0.717, 1.165) is 24.0 Å². The van der Waals surface area contributed by atoms with Crippen LogP contribution in [-0.4, -0.2) is 30.1 Å². The molecule has 0 heterocycles. The highest BCUT2D eigenvalue weighted by atomic mass is 16.5. The molecule has 0 N–H and O–H groups in total. The van der Waals surface area contributed by atoms with Gasteiger partial charge in [0.25, 0.3) is 0 Å². The lowest BCUT2D eigenvalue weighted by atomic mass is 10.0. The van der Waals surface area contributed by atoms with Crippen molar-refractivity contribution in [2.45, 2.75) is 25.8 Å². The summed E-state index contributed by atoms with van der Waals surface area (Å²) in [6, 6.07) is 18.1. The lowest BCUT2D eigenvalue weighted by Gasteiger charge is -2.14. The van der Waals surface area contributed by atoms with E-state index in [0.29, 0.717) is 5.71 Å². The minimum absolute atomic E-state index is 0.0639. The summed E-state index contributed by atoms with van der Waals surface area (Å²) in [7, 11) is 0. The maximum absolute atomic E-state index is 12.6. The SMILES string of the molecule is CCOC(=O)C(N=C(c1ccccc1)c1ccccc1)C(=O)C1CC1. The number of Topliss-reactive ketones (excluding diaryl/α,β-unsaturated/α-hetero) is 1. The van der Waals surface area contributed by atoms with E-state index in [1.165, 1.54) is 0 Å². The molecule has 0 radical (unpaired) electrons. The van der Waals surface area contributed by atoms with Crippen LogP contribution >= 0.6 is 0 Å². The van der Waals surface area contributed by atoms with Gasteiger partial charge in [-0.05, 0) is 19.8 Å². The molecule has 1 fully saturated rings. The number of nitrogens with zero attached hydrogens (tertiary/aromatic N) is 1. The number of esters is 1. The van der Waals surface area contributed by atoms with Gasteiger partial charge >= 0.3 is 5.97 Å². The van der Waals surface area contributed by atoms with Gasteiger partial charge < -0.3 is 4.74 Å². The van der Waals surface area contributed by atoms with Crippen molar-refractivity contribution < 1.29 is 14.3 Å². The summed E-state index contributed by atoms with van der Waals surface area (Å²) in [5.41, 5.74) is 2.37. The van der Waals surface area contributed by atoms with Crippen molar-refractivity contribution in [3.05, 3.63) is 71.8 Å². The molecule has 2 aromatic rings. The van der Waals surface area contributed by atoms with E-state index in [1.54, 1.807) is 6.92 Å². The molecule has 128 valence electrons. The van der Waals surface area contributed by atoms with Crippen molar-refractivity contribution >= 4 is 17.5 Å². The molecule has 2 aromatic carbocycles. The average molecular weight is 335 g/mol. The largest absolute Gasteiger partial charge is 0.464 e. The molecule has 0 amide bonds. The summed E-state index contributed by atoms with van der Waals surface area (Å²) in [6.45, 7) is 1.96. The Morgan fingerprint density at radius 3 is 1.96 bits per heavy atom. The van der Waals surface area contributed by atoms with Gasteiger partial charge in [-0.3, -0.25) is 9.79 Å². The van der Waals surface area contributed by atoms with Crippen LogP contribution in [0.5, 0.6) is 0 Å². The fraction of sp³-hybridized carbons (Fsp3) is 0.286. The fourth-order valence-electron chi connectivity index (χ4n) is 2.68. The summed E-state index contributed by atoms with van der Waals surface area (Å²) in [5.74, 6) is -0.766. The third kappa shape index (κ3) is 4.21. The Kier molecular flexibility index (Phi) is 5.39. The van der Waals surface area contributed by atoms with Crippen molar-refractivity contribution in [1.82, 2.24) is 0 Å². The zero-order valence-corrected chi connectivity index (χ0v) is 14.2. The number of ketones is 1. The van der Waals surface area contributed by atoms with Crippen molar-refractivity contribution in [2.24, 2.45) is 10.9 Å². The topological polar surface area (TPSA) is 55.7 Å². The second kappa shape index (κ2) is 7.88. The van der Waals surface area contributed by atoms with Crippen molar-refractivity contribution in [1.29, 1.82) is 0 Å². The van der Waals surface area contributed by atoms with Crippen LogP contribution < -0.4 is 0 Å². The summed E-state index contributed by atoms with van der Waals surface area (Å²) in [4.78, 5) is 29.6. The second-order valence-corrected chi connectivity index (χ2v) is 6.04. The van der Waals surface area contributed by atoms with Crippen molar-refractivity contribution in [3.63, 3.8) is 0 Å². The normalized spacial score (nSPS) is 14.4. The molecule has 1 aliphatic rings. The van der Waals surface area contributed by atoms with E-state index in [9.17, 15) is 9.59 Å². The Morgan fingerprint density at radius 2 is 1.52 bits per heavy atom. The molecule has 4 heteroatoms. The van der Waals surface area contributed by atoms with E-state index in [4.69, 9.17) is 4.74 Å². The average Bonchev–Trinajstić information content (AvgIpc) is 3.49. The number of ether oxygens (including phenoxy) is 1. The molecule has 0 spiro atoms. The Bertz CT molecular complexity index is 723. The van der Waals surface area contributed by atoms with Gasteiger partial charge in [0.2, 0.25) is 6.04 Å². The number of hydrogen-bond acceptors (Lipinski definition) is 4. The first-order chi connectivity index (χ1) is 12.2. The molecule has 1 aliphatic carbocycles.